The van der Waals surface area contributed by atoms with E-state index in [1.807, 2.05) is 37.8 Å². The molecule has 1 saturated heterocycles. The number of nitrogens with one attached hydrogen (secondary N) is 1. The lowest BCUT2D eigenvalue weighted by molar-refractivity contribution is -0.868. The van der Waals surface area contributed by atoms with Crippen molar-refractivity contribution in [1.29, 1.82) is 0 Å². The van der Waals surface area contributed by atoms with E-state index in [1.165, 1.54) is 11.9 Å². The van der Waals surface area contributed by atoms with E-state index in [4.69, 9.17) is 0 Å². The summed E-state index contributed by atoms with van der Waals surface area (Å²) in [5, 5.41) is 1.63. The molecule has 1 unspecified atom stereocenters. The largest absolute Gasteiger partial charge is 0.359 e. The van der Waals surface area contributed by atoms with Crippen molar-refractivity contribution in [3.8, 4) is 0 Å². The van der Waals surface area contributed by atoms with E-state index in [-0.39, 0.29) is 30.8 Å². The van der Waals surface area contributed by atoms with Crippen LogP contribution >= 0.6 is 0 Å². The quantitative estimate of drug-likeness (QED) is 0.808. The molecule has 118 valence electrons. The van der Waals surface area contributed by atoms with E-state index in [0.29, 0.717) is 10.7 Å². The van der Waals surface area contributed by atoms with Crippen LogP contribution < -0.4 is 5.01 Å². The van der Waals surface area contributed by atoms with E-state index in [2.05, 4.69) is 0 Å². The van der Waals surface area contributed by atoms with Gasteiger partial charge in [-0.1, -0.05) is 37.8 Å². The first-order valence-electron chi connectivity index (χ1n) is 7.26. The third-order valence-corrected chi connectivity index (χ3v) is 5.68. The first-order valence-corrected chi connectivity index (χ1v) is 10.7. The van der Waals surface area contributed by atoms with Crippen LogP contribution in [0.25, 0.3) is 0 Å². The van der Waals surface area contributed by atoms with Gasteiger partial charge < -0.3 is 4.57 Å². The van der Waals surface area contributed by atoms with Crippen LogP contribution in [-0.2, 0) is 14.4 Å². The van der Waals surface area contributed by atoms with Crippen molar-refractivity contribution in [3.63, 3.8) is 0 Å². The van der Waals surface area contributed by atoms with Crippen LogP contribution in [0.3, 0.4) is 0 Å². The summed E-state index contributed by atoms with van der Waals surface area (Å²) in [5.41, 5.74) is 0.664. The molecule has 1 N–H and O–H groups in total. The predicted octanol–water partition coefficient (Wildman–Crippen LogP) is 0.170. The number of amides is 3. The van der Waals surface area contributed by atoms with Crippen molar-refractivity contribution in [2.45, 2.75) is 26.6 Å². The summed E-state index contributed by atoms with van der Waals surface area (Å²) in [6, 6.07) is 9.02. The lowest BCUT2D eigenvalue weighted by Gasteiger charge is -2.41. The smallest absolute Gasteiger partial charge is 0.338 e. The van der Waals surface area contributed by atoms with E-state index in [1.54, 1.807) is 16.7 Å². The SMILES string of the molecule is CC(=O)[NH+](c1ccccc1)N1CC(=O)N([Si](C)(C)C)CC1=O. The lowest BCUT2D eigenvalue weighted by atomic mass is 10.3. The zero-order chi connectivity index (χ0) is 16.5. The number of benzene rings is 1. The van der Waals surface area contributed by atoms with Crippen LogP contribution in [0.1, 0.15) is 6.92 Å². The van der Waals surface area contributed by atoms with Gasteiger partial charge in [-0.05, 0) is 0 Å². The topological polar surface area (TPSA) is 62.1 Å². The highest BCUT2D eigenvalue weighted by molar-refractivity contribution is 6.75. The molecule has 7 heteroatoms. The van der Waals surface area contributed by atoms with Gasteiger partial charge in [0.1, 0.15) is 0 Å². The third-order valence-electron chi connectivity index (χ3n) is 3.65. The first-order chi connectivity index (χ1) is 10.2. The average Bonchev–Trinajstić information content (AvgIpc) is 2.42. The Bertz CT molecular complexity index is 598. The molecule has 2 rings (SSSR count). The summed E-state index contributed by atoms with van der Waals surface area (Å²) >= 11 is 0. The Hall–Kier alpha value is -1.99. The zero-order valence-corrected chi connectivity index (χ0v) is 14.4. The summed E-state index contributed by atoms with van der Waals surface area (Å²) in [6.45, 7) is 7.50. The van der Waals surface area contributed by atoms with Crippen molar-refractivity contribution in [2.75, 3.05) is 13.1 Å². The normalized spacial score (nSPS) is 17.6. The van der Waals surface area contributed by atoms with Gasteiger partial charge in [0.15, 0.2) is 20.5 Å². The van der Waals surface area contributed by atoms with Gasteiger partial charge in [-0.2, -0.15) is 5.01 Å². The number of para-hydroxylation sites is 1. The second kappa shape index (κ2) is 6.02. The van der Waals surface area contributed by atoms with Gasteiger partial charge in [0.05, 0.1) is 13.5 Å². The van der Waals surface area contributed by atoms with E-state index in [9.17, 15) is 14.4 Å². The molecule has 1 aliphatic rings. The van der Waals surface area contributed by atoms with Crippen LogP contribution in [0, 0.1) is 0 Å². The Kier molecular flexibility index (Phi) is 4.48. The standard InChI is InChI=1S/C15H21N3O3Si/c1-12(19)18(13-8-6-5-7-9-13)16-10-15(21)17(11-14(16)20)22(2,3)4/h5-9H,10-11H2,1-4H3/p+1. The van der Waals surface area contributed by atoms with E-state index >= 15 is 0 Å². The molecule has 6 nitrogen and oxygen atoms in total. The zero-order valence-electron chi connectivity index (χ0n) is 13.4. The molecule has 0 radical (unpaired) electrons. The highest BCUT2D eigenvalue weighted by Crippen LogP contribution is 2.14. The maximum absolute atomic E-state index is 12.5. The van der Waals surface area contributed by atoms with Gasteiger partial charge >= 0.3 is 5.91 Å². The number of carbonyl (C=O) groups is 3. The maximum Gasteiger partial charge on any atom is 0.338 e. The molecule has 1 atom stereocenters. The van der Waals surface area contributed by atoms with Crippen molar-refractivity contribution in [2.24, 2.45) is 0 Å². The monoisotopic (exact) mass is 320 g/mol. The number of rotatable bonds is 3. The van der Waals surface area contributed by atoms with Crippen molar-refractivity contribution in [1.82, 2.24) is 9.57 Å². The Labute approximate surface area is 131 Å². The summed E-state index contributed by atoms with van der Waals surface area (Å²) in [4.78, 5) is 36.9. The minimum atomic E-state index is -1.89. The number of nitrogens with zero attached hydrogens (tertiary/aromatic N) is 2. The third kappa shape index (κ3) is 3.25. The fourth-order valence-corrected chi connectivity index (χ4v) is 4.01. The molecule has 1 heterocycles. The van der Waals surface area contributed by atoms with Crippen LogP contribution in [0.2, 0.25) is 19.6 Å². The van der Waals surface area contributed by atoms with Gasteiger partial charge in [-0.3, -0.25) is 9.59 Å². The Morgan fingerprint density at radius 1 is 1.05 bits per heavy atom. The molecule has 1 aromatic carbocycles. The highest BCUT2D eigenvalue weighted by Gasteiger charge is 2.42. The number of carbonyl (C=O) groups excluding carboxylic acids is 3. The van der Waals surface area contributed by atoms with Crippen LogP contribution in [0.15, 0.2) is 30.3 Å². The molecular formula is C15H22N3O3Si+. The fourth-order valence-electron chi connectivity index (χ4n) is 2.58. The number of hydrogen-bond acceptors (Lipinski definition) is 3. The van der Waals surface area contributed by atoms with Gasteiger partial charge in [0.25, 0.3) is 5.91 Å². The molecule has 3 amide bonds. The molecule has 0 aromatic heterocycles. The lowest BCUT2D eigenvalue weighted by Crippen LogP contribution is -3.17. The van der Waals surface area contributed by atoms with E-state index in [0.717, 1.165) is 0 Å². The molecule has 0 spiro atoms. The summed E-state index contributed by atoms with van der Waals surface area (Å²) in [7, 11) is -1.89. The Morgan fingerprint density at radius 2 is 1.64 bits per heavy atom. The second-order valence-corrected chi connectivity index (χ2v) is 11.3. The minimum absolute atomic E-state index is 0.0537. The Morgan fingerprint density at radius 3 is 2.14 bits per heavy atom. The Balaban J connectivity index is 2.30. The number of hydrogen-bond donors (Lipinski definition) is 1. The van der Waals surface area contributed by atoms with Gasteiger partial charge in [0, 0.05) is 12.1 Å². The van der Waals surface area contributed by atoms with Gasteiger partial charge in [-0.15, -0.1) is 5.01 Å². The molecule has 22 heavy (non-hydrogen) atoms. The second-order valence-electron chi connectivity index (χ2n) is 6.40. The summed E-state index contributed by atoms with van der Waals surface area (Å²) < 4.78 is 1.69. The first kappa shape index (κ1) is 16.4. The molecular weight excluding hydrogens is 298 g/mol. The molecule has 1 aliphatic heterocycles. The fraction of sp³-hybridized carbons (Fsp3) is 0.400. The summed E-state index contributed by atoms with van der Waals surface area (Å²) in [5.74, 6) is -0.502. The van der Waals surface area contributed by atoms with Crippen molar-refractivity contribution >= 4 is 31.6 Å². The predicted molar refractivity (Wildman–Crippen MR) is 84.5 cm³/mol. The van der Waals surface area contributed by atoms with Crippen LogP contribution in [-0.4, -0.2) is 48.6 Å². The average molecular weight is 320 g/mol. The van der Waals surface area contributed by atoms with E-state index < -0.39 is 8.24 Å². The van der Waals surface area contributed by atoms with Crippen molar-refractivity contribution in [3.05, 3.63) is 30.3 Å². The van der Waals surface area contributed by atoms with Crippen LogP contribution in [0.4, 0.5) is 5.69 Å². The number of quaternary nitrogens is 1. The highest BCUT2D eigenvalue weighted by atomic mass is 28.3. The van der Waals surface area contributed by atoms with Crippen LogP contribution in [0.5, 0.6) is 0 Å². The van der Waals surface area contributed by atoms with Gasteiger partial charge in [-0.25, -0.2) is 4.79 Å². The van der Waals surface area contributed by atoms with Crippen molar-refractivity contribution < 1.29 is 19.4 Å². The minimum Gasteiger partial charge on any atom is -0.359 e. The molecule has 1 aromatic rings. The maximum atomic E-state index is 12.5. The summed E-state index contributed by atoms with van der Waals surface area (Å²) in [6.07, 6.45) is 0. The molecule has 0 aliphatic carbocycles. The molecule has 0 bridgehead atoms. The molecule has 1 fully saturated rings. The number of piperazine rings is 1. The molecule has 0 saturated carbocycles. The van der Waals surface area contributed by atoms with Gasteiger partial charge in [0.2, 0.25) is 5.91 Å².